The van der Waals surface area contributed by atoms with Crippen molar-refractivity contribution in [3.63, 3.8) is 0 Å². The Kier molecular flexibility index (Phi) is 11.4. The predicted octanol–water partition coefficient (Wildman–Crippen LogP) is 5.84. The van der Waals surface area contributed by atoms with E-state index in [2.05, 4.69) is 15.2 Å². The van der Waals surface area contributed by atoms with Crippen LogP contribution < -0.4 is 19.5 Å². The van der Waals surface area contributed by atoms with Gasteiger partial charge in [-0.15, -0.1) is 0 Å². The molecule has 2 aromatic carbocycles. The van der Waals surface area contributed by atoms with E-state index in [-0.39, 0.29) is 11.9 Å². The molecule has 3 aromatic rings. The van der Waals surface area contributed by atoms with Crippen LogP contribution in [0.4, 0.5) is 4.79 Å². The standard InChI is InChI=1S/C38H45Cl2N5O7/c1-50-30-21-25(22-31(51-2)33(30)52-3)34(46)44-20-12-37(24-44,26-9-10-27(39)28(40)23-26)11-17-43-18-13-38(14-19-43,32-8-4-5-15-41-32)42-36(49)45-16-6-7-29(45)35(47)48/h4-5,8-10,15,21-23,29H,6-7,11-14,16-20,24H2,1-3H3,(H,42,49)(H,47,48). The van der Waals surface area contributed by atoms with Gasteiger partial charge in [-0.2, -0.15) is 0 Å². The third-order valence-corrected chi connectivity index (χ3v) is 11.7. The molecule has 6 rings (SSSR count). The number of ether oxygens (including phenoxy) is 3. The number of carbonyl (C=O) groups is 3. The number of carboxylic acids is 1. The lowest BCUT2D eigenvalue weighted by atomic mass is 9.76. The molecule has 3 fully saturated rings. The molecule has 2 unspecified atom stereocenters. The molecule has 3 amide bonds. The Balaban J connectivity index is 1.20. The highest BCUT2D eigenvalue weighted by atomic mass is 35.5. The number of aliphatic carboxylic acids is 1. The molecule has 0 bridgehead atoms. The number of hydrogen-bond donors (Lipinski definition) is 2. The molecule has 52 heavy (non-hydrogen) atoms. The highest BCUT2D eigenvalue weighted by Gasteiger charge is 2.45. The summed E-state index contributed by atoms with van der Waals surface area (Å²) in [4.78, 5) is 49.8. The topological polar surface area (TPSA) is 134 Å². The Bertz CT molecular complexity index is 1760. The second-order valence-corrected chi connectivity index (χ2v) is 14.6. The maximum Gasteiger partial charge on any atom is 0.326 e. The number of carbonyl (C=O) groups excluding carboxylic acids is 2. The van der Waals surface area contributed by atoms with E-state index in [4.69, 9.17) is 37.4 Å². The van der Waals surface area contributed by atoms with Crippen molar-refractivity contribution >= 4 is 41.1 Å². The average Bonchev–Trinajstić information content (AvgIpc) is 3.84. The predicted molar refractivity (Wildman–Crippen MR) is 197 cm³/mol. The normalized spacial score (nSPS) is 21.5. The Morgan fingerprint density at radius 2 is 1.65 bits per heavy atom. The van der Waals surface area contributed by atoms with E-state index in [9.17, 15) is 19.5 Å². The van der Waals surface area contributed by atoms with Gasteiger partial charge in [0, 0.05) is 49.9 Å². The molecule has 14 heteroatoms. The Labute approximate surface area is 313 Å². The number of pyridine rings is 1. The highest BCUT2D eigenvalue weighted by molar-refractivity contribution is 6.42. The Morgan fingerprint density at radius 1 is 0.923 bits per heavy atom. The number of likely N-dealkylation sites (tertiary alicyclic amines) is 3. The summed E-state index contributed by atoms with van der Waals surface area (Å²) < 4.78 is 16.5. The SMILES string of the molecule is COc1cc(C(=O)N2CCC(CCN3CCC(NC(=O)N4CCCC4C(=O)O)(c4ccccn4)CC3)(c3ccc(Cl)c(Cl)c3)C2)cc(OC)c1OC. The van der Waals surface area contributed by atoms with Crippen LogP contribution in [0.15, 0.2) is 54.7 Å². The summed E-state index contributed by atoms with van der Waals surface area (Å²) in [6.07, 6.45) is 5.50. The van der Waals surface area contributed by atoms with Gasteiger partial charge in [0.25, 0.3) is 5.91 Å². The lowest BCUT2D eigenvalue weighted by Crippen LogP contribution is -2.58. The van der Waals surface area contributed by atoms with Crippen LogP contribution in [0.1, 0.15) is 60.1 Å². The molecule has 0 radical (unpaired) electrons. The summed E-state index contributed by atoms with van der Waals surface area (Å²) in [5.41, 5.74) is 1.09. The van der Waals surface area contributed by atoms with Crippen LogP contribution in [-0.2, 0) is 15.7 Å². The fourth-order valence-corrected chi connectivity index (χ4v) is 8.31. The first-order valence-electron chi connectivity index (χ1n) is 17.5. The van der Waals surface area contributed by atoms with Gasteiger partial charge in [0.15, 0.2) is 11.5 Å². The quantitative estimate of drug-likeness (QED) is 0.248. The van der Waals surface area contributed by atoms with Crippen molar-refractivity contribution < 1.29 is 33.7 Å². The summed E-state index contributed by atoms with van der Waals surface area (Å²) in [6.45, 7) is 3.53. The average molecular weight is 755 g/mol. The molecule has 0 saturated carbocycles. The van der Waals surface area contributed by atoms with Crippen LogP contribution >= 0.6 is 23.2 Å². The number of methoxy groups -OCH3 is 3. The van der Waals surface area contributed by atoms with Crippen molar-refractivity contribution in [3.8, 4) is 17.2 Å². The van der Waals surface area contributed by atoms with E-state index in [1.807, 2.05) is 41.3 Å². The zero-order chi connectivity index (χ0) is 37.0. The molecule has 2 N–H and O–H groups in total. The number of amides is 3. The number of urea groups is 1. The zero-order valence-electron chi connectivity index (χ0n) is 29.7. The van der Waals surface area contributed by atoms with E-state index >= 15 is 0 Å². The van der Waals surface area contributed by atoms with Crippen molar-refractivity contribution in [2.75, 3.05) is 60.6 Å². The molecule has 4 heterocycles. The van der Waals surface area contributed by atoms with Gasteiger partial charge >= 0.3 is 12.0 Å². The number of carboxylic acid groups (broad SMARTS) is 1. The van der Waals surface area contributed by atoms with Crippen LogP contribution in [0.25, 0.3) is 0 Å². The second kappa shape index (κ2) is 15.8. The van der Waals surface area contributed by atoms with Gasteiger partial charge in [0.1, 0.15) is 6.04 Å². The third kappa shape index (κ3) is 7.47. The highest BCUT2D eigenvalue weighted by Crippen LogP contribution is 2.43. The van der Waals surface area contributed by atoms with Gasteiger partial charge in [0.2, 0.25) is 5.75 Å². The molecule has 12 nitrogen and oxygen atoms in total. The number of hydrogen-bond acceptors (Lipinski definition) is 8. The largest absolute Gasteiger partial charge is 0.493 e. The van der Waals surface area contributed by atoms with Crippen LogP contribution in [0.2, 0.25) is 10.0 Å². The first kappa shape index (κ1) is 37.5. The Hall–Kier alpha value is -4.26. The van der Waals surface area contributed by atoms with E-state index in [0.717, 1.165) is 30.6 Å². The summed E-state index contributed by atoms with van der Waals surface area (Å²) in [5, 5.41) is 13.9. The number of nitrogens with zero attached hydrogens (tertiary/aromatic N) is 4. The maximum absolute atomic E-state index is 14.0. The molecule has 3 saturated heterocycles. The number of rotatable bonds is 11. The molecule has 3 aliphatic heterocycles. The van der Waals surface area contributed by atoms with Crippen LogP contribution in [0.3, 0.4) is 0 Å². The number of nitrogens with one attached hydrogen (secondary N) is 1. The van der Waals surface area contributed by atoms with Crippen LogP contribution in [0.5, 0.6) is 17.2 Å². The lowest BCUT2D eigenvalue weighted by Gasteiger charge is -2.43. The van der Waals surface area contributed by atoms with Gasteiger partial charge in [-0.3, -0.25) is 9.78 Å². The van der Waals surface area contributed by atoms with Crippen LogP contribution in [-0.4, -0.2) is 109 Å². The molecule has 1 aromatic heterocycles. The molecule has 3 aliphatic rings. The molecule has 0 spiro atoms. The minimum atomic E-state index is -0.985. The molecular weight excluding hydrogens is 709 g/mol. The number of piperidine rings is 1. The summed E-state index contributed by atoms with van der Waals surface area (Å²) in [5.74, 6) is 0.108. The van der Waals surface area contributed by atoms with Crippen LogP contribution in [0, 0.1) is 0 Å². The fourth-order valence-electron chi connectivity index (χ4n) is 8.01. The number of benzene rings is 2. The first-order valence-corrected chi connectivity index (χ1v) is 18.3. The van der Waals surface area contributed by atoms with E-state index < -0.39 is 23.0 Å². The number of halogens is 2. The minimum absolute atomic E-state index is 0.141. The summed E-state index contributed by atoms with van der Waals surface area (Å²) in [6, 6.07) is 13.6. The first-order chi connectivity index (χ1) is 25.0. The van der Waals surface area contributed by atoms with Gasteiger partial charge in [0.05, 0.1) is 42.6 Å². The van der Waals surface area contributed by atoms with Gasteiger partial charge in [-0.05, 0) is 87.0 Å². The van der Waals surface area contributed by atoms with E-state index in [1.54, 1.807) is 18.3 Å². The zero-order valence-corrected chi connectivity index (χ0v) is 31.2. The van der Waals surface area contributed by atoms with Gasteiger partial charge in [-0.25, -0.2) is 9.59 Å². The van der Waals surface area contributed by atoms with Crippen molar-refractivity contribution in [3.05, 3.63) is 81.6 Å². The fraction of sp³-hybridized carbons (Fsp3) is 0.474. The van der Waals surface area contributed by atoms with E-state index in [1.165, 1.54) is 26.2 Å². The minimum Gasteiger partial charge on any atom is -0.493 e. The maximum atomic E-state index is 14.0. The molecule has 278 valence electrons. The molecule has 2 atom stereocenters. The summed E-state index contributed by atoms with van der Waals surface area (Å²) >= 11 is 12.9. The Morgan fingerprint density at radius 3 is 2.27 bits per heavy atom. The molecule has 0 aliphatic carbocycles. The van der Waals surface area contributed by atoms with Gasteiger partial charge in [-0.1, -0.05) is 35.3 Å². The second-order valence-electron chi connectivity index (χ2n) is 13.8. The van der Waals surface area contributed by atoms with Crippen molar-refractivity contribution in [1.82, 2.24) is 25.0 Å². The lowest BCUT2D eigenvalue weighted by molar-refractivity contribution is -0.141. The van der Waals surface area contributed by atoms with Crippen molar-refractivity contribution in [2.45, 2.75) is 55.5 Å². The monoisotopic (exact) mass is 753 g/mol. The van der Waals surface area contributed by atoms with Crippen molar-refractivity contribution in [2.24, 2.45) is 0 Å². The molecular formula is C38H45Cl2N5O7. The summed E-state index contributed by atoms with van der Waals surface area (Å²) in [7, 11) is 4.57. The van der Waals surface area contributed by atoms with Crippen molar-refractivity contribution in [1.29, 1.82) is 0 Å². The third-order valence-electron chi connectivity index (χ3n) is 11.0. The van der Waals surface area contributed by atoms with E-state index in [0.29, 0.717) is 91.3 Å². The number of aromatic nitrogens is 1. The van der Waals surface area contributed by atoms with Gasteiger partial charge < -0.3 is 39.3 Å². The smallest absolute Gasteiger partial charge is 0.326 e.